The number of aryl methyl sites for hydroxylation is 1. The number of hydrogen-bond donors (Lipinski definition) is 1. The zero-order chi connectivity index (χ0) is 27.3. The van der Waals surface area contributed by atoms with E-state index in [-0.39, 0.29) is 24.2 Å². The Kier molecular flexibility index (Phi) is 6.52. The Morgan fingerprint density at radius 1 is 0.974 bits per heavy atom. The maximum atomic E-state index is 14.0. The molecule has 2 aliphatic rings. The maximum absolute atomic E-state index is 14.0. The van der Waals surface area contributed by atoms with Gasteiger partial charge in [0.25, 0.3) is 0 Å². The molecule has 0 bridgehead atoms. The van der Waals surface area contributed by atoms with Gasteiger partial charge in [0.15, 0.2) is 5.65 Å². The van der Waals surface area contributed by atoms with Gasteiger partial charge in [-0.15, -0.1) is 0 Å². The average molecular weight is 544 g/mol. The SMILES string of the molecule is COC1CCC(Nc2cc(N3CC[C@@H](F)C3)nc3cc(-c4nc5cc(C(F)(F)F)ccc5nc4C)nn23)CC1. The lowest BCUT2D eigenvalue weighted by Crippen LogP contribution is -2.30. The summed E-state index contributed by atoms with van der Waals surface area (Å²) in [6.07, 6.45) is -0.930. The fraction of sp³-hybridized carbons (Fsp3) is 0.481. The standard InChI is InChI=1S/C27H29F4N7O/c1-15-26(34-21-11-16(27(29,30)31)3-8-20(21)32-15)22-12-24-35-23(37-10-9-17(28)14-37)13-25(38(24)36-22)33-18-4-6-19(39-2)7-5-18/h3,8,11-13,17-19,33H,4-7,9-10,14H2,1-2H3/t17-,18?,19?/m1/s1. The lowest BCUT2D eigenvalue weighted by atomic mass is 9.93. The fourth-order valence-electron chi connectivity index (χ4n) is 5.48. The van der Waals surface area contributed by atoms with Crippen LogP contribution in [-0.2, 0) is 10.9 Å². The summed E-state index contributed by atoms with van der Waals surface area (Å²) in [5, 5.41) is 8.35. The number of methoxy groups -OCH3 is 1. The summed E-state index contributed by atoms with van der Waals surface area (Å²) < 4.78 is 61.1. The number of nitrogens with one attached hydrogen (secondary N) is 1. The Bertz CT molecular complexity index is 1510. The van der Waals surface area contributed by atoms with Crippen molar-refractivity contribution in [1.29, 1.82) is 0 Å². The quantitative estimate of drug-likeness (QED) is 0.329. The van der Waals surface area contributed by atoms with E-state index >= 15 is 0 Å². The van der Waals surface area contributed by atoms with E-state index < -0.39 is 17.9 Å². The Morgan fingerprint density at radius 2 is 1.77 bits per heavy atom. The molecule has 12 heteroatoms. The normalized spacial score (nSPS) is 22.2. The first-order valence-electron chi connectivity index (χ1n) is 13.1. The highest BCUT2D eigenvalue weighted by molar-refractivity contribution is 5.79. The molecule has 6 rings (SSSR count). The van der Waals surface area contributed by atoms with Crippen molar-refractivity contribution in [2.75, 3.05) is 30.4 Å². The van der Waals surface area contributed by atoms with Gasteiger partial charge in [0.2, 0.25) is 0 Å². The lowest BCUT2D eigenvalue weighted by molar-refractivity contribution is -0.137. The third kappa shape index (κ3) is 5.09. The molecule has 1 aliphatic carbocycles. The van der Waals surface area contributed by atoms with Gasteiger partial charge in [-0.2, -0.15) is 22.8 Å². The number of aromatic nitrogens is 5. The summed E-state index contributed by atoms with van der Waals surface area (Å²) in [5.74, 6) is 1.37. The number of rotatable bonds is 5. The summed E-state index contributed by atoms with van der Waals surface area (Å²) in [7, 11) is 1.73. The summed E-state index contributed by atoms with van der Waals surface area (Å²) in [5.41, 5.74) is 1.62. The van der Waals surface area contributed by atoms with Gasteiger partial charge in [-0.1, -0.05) is 0 Å². The second-order valence-electron chi connectivity index (χ2n) is 10.3. The first-order chi connectivity index (χ1) is 18.7. The molecule has 8 nitrogen and oxygen atoms in total. The second kappa shape index (κ2) is 9.89. The van der Waals surface area contributed by atoms with Crippen LogP contribution in [0.3, 0.4) is 0 Å². The van der Waals surface area contributed by atoms with E-state index in [1.807, 2.05) is 11.0 Å². The van der Waals surface area contributed by atoms with Gasteiger partial charge in [-0.3, -0.25) is 0 Å². The van der Waals surface area contributed by atoms with Gasteiger partial charge in [0, 0.05) is 31.8 Å². The van der Waals surface area contributed by atoms with Crippen molar-refractivity contribution in [2.24, 2.45) is 0 Å². The molecule has 39 heavy (non-hydrogen) atoms. The average Bonchev–Trinajstić information content (AvgIpc) is 3.54. The minimum Gasteiger partial charge on any atom is -0.381 e. The number of fused-ring (bicyclic) bond motifs is 2. The largest absolute Gasteiger partial charge is 0.416 e. The van der Waals surface area contributed by atoms with Crippen molar-refractivity contribution in [1.82, 2.24) is 24.6 Å². The number of anilines is 2. The highest BCUT2D eigenvalue weighted by Crippen LogP contribution is 2.33. The molecule has 206 valence electrons. The molecule has 0 unspecified atom stereocenters. The lowest BCUT2D eigenvalue weighted by Gasteiger charge is -2.29. The molecule has 1 N–H and O–H groups in total. The van der Waals surface area contributed by atoms with Crippen LogP contribution in [0.2, 0.25) is 0 Å². The highest BCUT2D eigenvalue weighted by Gasteiger charge is 2.31. The van der Waals surface area contributed by atoms with E-state index in [4.69, 9.17) is 14.8 Å². The number of halogens is 4. The predicted octanol–water partition coefficient (Wildman–Crippen LogP) is 5.58. The van der Waals surface area contributed by atoms with Gasteiger partial charge in [-0.05, 0) is 57.2 Å². The number of benzene rings is 1. The molecule has 1 saturated carbocycles. The molecule has 0 radical (unpaired) electrons. The zero-order valence-corrected chi connectivity index (χ0v) is 21.7. The molecule has 1 aliphatic heterocycles. The first kappa shape index (κ1) is 25.7. The molecule has 1 saturated heterocycles. The number of ether oxygens (including phenoxy) is 1. The van der Waals surface area contributed by atoms with Crippen LogP contribution in [0.1, 0.15) is 43.4 Å². The number of alkyl halides is 4. The molecule has 1 atom stereocenters. The Balaban J connectivity index is 1.41. The van der Waals surface area contributed by atoms with Crippen LogP contribution in [0.25, 0.3) is 28.1 Å². The van der Waals surface area contributed by atoms with Crippen molar-refractivity contribution in [3.63, 3.8) is 0 Å². The number of hydrogen-bond acceptors (Lipinski definition) is 7. The summed E-state index contributed by atoms with van der Waals surface area (Å²) in [6.45, 7) is 2.60. The molecule has 0 amide bonds. The smallest absolute Gasteiger partial charge is 0.381 e. The molecular formula is C27H29F4N7O. The van der Waals surface area contributed by atoms with E-state index in [1.165, 1.54) is 6.07 Å². The van der Waals surface area contributed by atoms with Crippen molar-refractivity contribution < 1.29 is 22.3 Å². The van der Waals surface area contributed by atoms with Crippen LogP contribution in [0.5, 0.6) is 0 Å². The minimum atomic E-state index is -4.48. The van der Waals surface area contributed by atoms with Gasteiger partial charge < -0.3 is 15.0 Å². The molecule has 4 heterocycles. The highest BCUT2D eigenvalue weighted by atomic mass is 19.4. The van der Waals surface area contributed by atoms with Crippen molar-refractivity contribution in [3.8, 4) is 11.4 Å². The molecule has 4 aromatic rings. The zero-order valence-electron chi connectivity index (χ0n) is 21.7. The second-order valence-corrected chi connectivity index (χ2v) is 10.3. The van der Waals surface area contributed by atoms with Crippen LogP contribution < -0.4 is 10.2 Å². The summed E-state index contributed by atoms with van der Waals surface area (Å²) in [4.78, 5) is 15.7. The van der Waals surface area contributed by atoms with Crippen LogP contribution in [0, 0.1) is 6.92 Å². The summed E-state index contributed by atoms with van der Waals surface area (Å²) in [6, 6.07) is 7.17. The van der Waals surface area contributed by atoms with Crippen LogP contribution in [0.15, 0.2) is 30.3 Å². The Morgan fingerprint density at radius 3 is 2.46 bits per heavy atom. The van der Waals surface area contributed by atoms with Gasteiger partial charge >= 0.3 is 6.18 Å². The molecule has 3 aromatic heterocycles. The fourth-order valence-corrected chi connectivity index (χ4v) is 5.48. The third-order valence-electron chi connectivity index (χ3n) is 7.64. The Labute approximate surface area is 222 Å². The predicted molar refractivity (Wildman–Crippen MR) is 140 cm³/mol. The van der Waals surface area contributed by atoms with Crippen LogP contribution >= 0.6 is 0 Å². The van der Waals surface area contributed by atoms with Crippen LogP contribution in [-0.4, -0.2) is 63.1 Å². The molecular weight excluding hydrogens is 514 g/mol. The van der Waals surface area contributed by atoms with E-state index in [0.29, 0.717) is 47.0 Å². The monoisotopic (exact) mass is 543 g/mol. The van der Waals surface area contributed by atoms with Gasteiger partial charge in [-0.25, -0.2) is 19.3 Å². The van der Waals surface area contributed by atoms with Gasteiger partial charge in [0.05, 0.1) is 34.9 Å². The Hall–Kier alpha value is -3.54. The first-order valence-corrected chi connectivity index (χ1v) is 13.1. The molecule has 1 aromatic carbocycles. The topological polar surface area (TPSA) is 80.5 Å². The van der Waals surface area contributed by atoms with E-state index in [0.717, 1.165) is 43.6 Å². The van der Waals surface area contributed by atoms with Gasteiger partial charge in [0.1, 0.15) is 29.2 Å². The molecule has 0 spiro atoms. The summed E-state index contributed by atoms with van der Waals surface area (Å²) >= 11 is 0. The van der Waals surface area contributed by atoms with E-state index in [9.17, 15) is 17.6 Å². The maximum Gasteiger partial charge on any atom is 0.416 e. The van der Waals surface area contributed by atoms with E-state index in [2.05, 4.69) is 15.3 Å². The minimum absolute atomic E-state index is 0.135. The number of nitrogens with zero attached hydrogens (tertiary/aromatic N) is 6. The van der Waals surface area contributed by atoms with E-state index in [1.54, 1.807) is 24.6 Å². The third-order valence-corrected chi connectivity index (χ3v) is 7.64. The molecule has 2 fully saturated rings. The van der Waals surface area contributed by atoms with Crippen molar-refractivity contribution in [2.45, 2.75) is 63.5 Å². The van der Waals surface area contributed by atoms with Crippen molar-refractivity contribution in [3.05, 3.63) is 41.6 Å². The van der Waals surface area contributed by atoms with Crippen LogP contribution in [0.4, 0.5) is 29.2 Å². The van der Waals surface area contributed by atoms with Crippen molar-refractivity contribution >= 4 is 28.3 Å².